The van der Waals surface area contributed by atoms with Crippen LogP contribution in [0.4, 0.5) is 0 Å². The lowest BCUT2D eigenvalue weighted by Gasteiger charge is -2.08. The third-order valence-electron chi connectivity index (χ3n) is 4.67. The van der Waals surface area contributed by atoms with Crippen molar-refractivity contribution < 1.29 is 15.0 Å². The van der Waals surface area contributed by atoms with Crippen LogP contribution in [0.15, 0.2) is 66.7 Å². The van der Waals surface area contributed by atoms with Crippen molar-refractivity contribution in [2.24, 2.45) is 0 Å². The maximum Gasteiger partial charge on any atom is 0.195 e. The van der Waals surface area contributed by atoms with Crippen LogP contribution in [-0.4, -0.2) is 16.0 Å². The van der Waals surface area contributed by atoms with Crippen molar-refractivity contribution in [1.82, 2.24) is 0 Å². The summed E-state index contributed by atoms with van der Waals surface area (Å²) in [4.78, 5) is 14.3. The van der Waals surface area contributed by atoms with Gasteiger partial charge < -0.3 is 10.2 Å². The van der Waals surface area contributed by atoms with Gasteiger partial charge in [0.1, 0.15) is 11.5 Å². The largest absolute Gasteiger partial charge is 0.508 e. The van der Waals surface area contributed by atoms with Crippen molar-refractivity contribution in [3.05, 3.63) is 83.4 Å². The minimum Gasteiger partial charge on any atom is -0.508 e. The van der Waals surface area contributed by atoms with Crippen LogP contribution in [0.5, 0.6) is 11.5 Å². The molecule has 4 aromatic rings. The topological polar surface area (TPSA) is 57.5 Å². The van der Waals surface area contributed by atoms with Crippen molar-refractivity contribution in [2.75, 3.05) is 0 Å². The molecule has 0 radical (unpaired) electrons. The van der Waals surface area contributed by atoms with Gasteiger partial charge in [-0.15, -0.1) is 11.3 Å². The number of benzene rings is 3. The molecule has 0 unspecified atom stereocenters. The second kappa shape index (κ2) is 6.89. The van der Waals surface area contributed by atoms with Crippen molar-refractivity contribution in [1.29, 1.82) is 0 Å². The molecular weight excluding hydrogens is 356 g/mol. The van der Waals surface area contributed by atoms with E-state index in [1.165, 1.54) is 0 Å². The zero-order valence-electron chi connectivity index (χ0n) is 14.8. The van der Waals surface area contributed by atoms with E-state index in [1.807, 2.05) is 43.3 Å². The normalized spacial score (nSPS) is 11.0. The Bertz CT molecular complexity index is 1140. The summed E-state index contributed by atoms with van der Waals surface area (Å²) in [6, 6.07) is 19.8. The minimum atomic E-state index is -0.0646. The number of aromatic hydroxyl groups is 2. The van der Waals surface area contributed by atoms with Crippen LogP contribution in [-0.2, 0) is 6.42 Å². The molecular formula is C23H18O3S. The van der Waals surface area contributed by atoms with Gasteiger partial charge in [0.25, 0.3) is 0 Å². The lowest BCUT2D eigenvalue weighted by Crippen LogP contribution is -2.03. The summed E-state index contributed by atoms with van der Waals surface area (Å²) < 4.78 is 1.04. The van der Waals surface area contributed by atoms with Crippen LogP contribution in [0.25, 0.3) is 20.5 Å². The quantitative estimate of drug-likeness (QED) is 0.446. The van der Waals surface area contributed by atoms with Gasteiger partial charge in [0, 0.05) is 26.1 Å². The molecule has 1 aromatic heterocycles. The molecule has 0 amide bonds. The minimum absolute atomic E-state index is 0.0646. The van der Waals surface area contributed by atoms with Gasteiger partial charge in [-0.3, -0.25) is 4.79 Å². The first-order valence-corrected chi connectivity index (χ1v) is 9.57. The molecule has 2 N–H and O–H groups in total. The van der Waals surface area contributed by atoms with Crippen LogP contribution in [0, 0.1) is 0 Å². The summed E-state index contributed by atoms with van der Waals surface area (Å²) in [5.41, 5.74) is 2.88. The molecule has 1 heterocycles. The molecule has 0 saturated heterocycles. The molecule has 0 bridgehead atoms. The standard InChI is InChI=1S/C23H18O3S/c1-2-14-13-16(9-12-19(14)25)22(26)21-18-5-3-4-6-20(18)27-23(21)15-7-10-17(24)11-8-15/h3-13,24-25H,2H2,1H3. The number of aryl methyl sites for hydroxylation is 1. The van der Waals surface area contributed by atoms with Crippen LogP contribution in [0.2, 0.25) is 0 Å². The zero-order valence-corrected chi connectivity index (χ0v) is 15.6. The summed E-state index contributed by atoms with van der Waals surface area (Å²) >= 11 is 1.57. The van der Waals surface area contributed by atoms with Gasteiger partial charge in [-0.1, -0.05) is 25.1 Å². The highest BCUT2D eigenvalue weighted by atomic mass is 32.1. The molecule has 0 fully saturated rings. The van der Waals surface area contributed by atoms with Gasteiger partial charge in [-0.05, 0) is 66.1 Å². The molecule has 0 atom stereocenters. The number of fused-ring (bicyclic) bond motifs is 1. The average Bonchev–Trinajstić information content (AvgIpc) is 3.08. The Morgan fingerprint density at radius 2 is 1.70 bits per heavy atom. The van der Waals surface area contributed by atoms with Gasteiger partial charge >= 0.3 is 0 Å². The summed E-state index contributed by atoms with van der Waals surface area (Å²) in [6.45, 7) is 1.95. The van der Waals surface area contributed by atoms with E-state index in [-0.39, 0.29) is 17.3 Å². The van der Waals surface area contributed by atoms with Crippen LogP contribution in [0.1, 0.15) is 28.4 Å². The number of phenolic OH excluding ortho intramolecular Hbond substituents is 2. The van der Waals surface area contributed by atoms with E-state index in [4.69, 9.17) is 0 Å². The van der Waals surface area contributed by atoms with Crippen molar-refractivity contribution >= 4 is 27.2 Å². The van der Waals surface area contributed by atoms with Crippen LogP contribution in [0.3, 0.4) is 0 Å². The molecule has 0 aliphatic rings. The van der Waals surface area contributed by atoms with Crippen LogP contribution < -0.4 is 0 Å². The number of rotatable bonds is 4. The summed E-state index contributed by atoms with van der Waals surface area (Å²) in [6.07, 6.45) is 0.655. The Morgan fingerprint density at radius 1 is 0.963 bits per heavy atom. The van der Waals surface area contributed by atoms with Gasteiger partial charge in [-0.2, -0.15) is 0 Å². The third kappa shape index (κ3) is 3.09. The summed E-state index contributed by atoms with van der Waals surface area (Å²) in [5, 5.41) is 20.5. The number of carbonyl (C=O) groups is 1. The fourth-order valence-corrected chi connectivity index (χ4v) is 4.45. The number of thiophene rings is 1. The highest BCUT2D eigenvalue weighted by Crippen LogP contribution is 2.40. The highest BCUT2D eigenvalue weighted by Gasteiger charge is 2.22. The number of hydrogen-bond acceptors (Lipinski definition) is 4. The number of ketones is 1. The second-order valence-electron chi connectivity index (χ2n) is 6.38. The second-order valence-corrected chi connectivity index (χ2v) is 7.43. The van der Waals surface area contributed by atoms with Gasteiger partial charge in [0.15, 0.2) is 5.78 Å². The molecule has 4 heteroatoms. The van der Waals surface area contributed by atoms with E-state index in [1.54, 1.807) is 41.7 Å². The number of hydrogen-bond donors (Lipinski definition) is 2. The third-order valence-corrected chi connectivity index (χ3v) is 5.89. The predicted molar refractivity (Wildman–Crippen MR) is 110 cm³/mol. The lowest BCUT2D eigenvalue weighted by atomic mass is 9.96. The van der Waals surface area contributed by atoms with Gasteiger partial charge in [-0.25, -0.2) is 0 Å². The molecule has 3 aromatic carbocycles. The van der Waals surface area contributed by atoms with Gasteiger partial charge in [0.2, 0.25) is 0 Å². The van der Waals surface area contributed by atoms with E-state index < -0.39 is 0 Å². The van der Waals surface area contributed by atoms with E-state index in [9.17, 15) is 15.0 Å². The van der Waals surface area contributed by atoms with E-state index in [2.05, 4.69) is 0 Å². The molecule has 134 valence electrons. The Kier molecular flexibility index (Phi) is 4.42. The van der Waals surface area contributed by atoms with Crippen molar-refractivity contribution in [3.63, 3.8) is 0 Å². The lowest BCUT2D eigenvalue weighted by molar-refractivity contribution is 0.104. The first-order valence-electron chi connectivity index (χ1n) is 8.76. The van der Waals surface area contributed by atoms with Gasteiger partial charge in [0.05, 0.1) is 0 Å². The Hall–Kier alpha value is -3.11. The van der Waals surface area contributed by atoms with E-state index in [0.29, 0.717) is 17.5 Å². The fourth-order valence-electron chi connectivity index (χ4n) is 3.24. The SMILES string of the molecule is CCc1cc(C(=O)c2c(-c3ccc(O)cc3)sc3ccccc23)ccc1O. The maximum atomic E-state index is 13.4. The highest BCUT2D eigenvalue weighted by molar-refractivity contribution is 7.22. The van der Waals surface area contributed by atoms with Crippen molar-refractivity contribution in [2.45, 2.75) is 13.3 Å². The Labute approximate surface area is 161 Å². The Morgan fingerprint density at radius 3 is 2.44 bits per heavy atom. The smallest absolute Gasteiger partial charge is 0.195 e. The number of carbonyl (C=O) groups excluding carboxylic acids is 1. The summed E-state index contributed by atoms with van der Waals surface area (Å²) in [7, 11) is 0. The molecule has 0 aliphatic heterocycles. The molecule has 0 aliphatic carbocycles. The monoisotopic (exact) mass is 374 g/mol. The molecule has 4 rings (SSSR count). The number of phenols is 2. The van der Waals surface area contributed by atoms with Crippen molar-refractivity contribution in [3.8, 4) is 21.9 Å². The van der Waals surface area contributed by atoms with E-state index >= 15 is 0 Å². The van der Waals surface area contributed by atoms with E-state index in [0.717, 1.165) is 26.1 Å². The first-order chi connectivity index (χ1) is 13.1. The maximum absolute atomic E-state index is 13.4. The molecule has 0 saturated carbocycles. The fraction of sp³-hybridized carbons (Fsp3) is 0.0870. The van der Waals surface area contributed by atoms with Crippen LogP contribution >= 0.6 is 11.3 Å². The zero-order chi connectivity index (χ0) is 19.0. The Balaban J connectivity index is 1.93. The molecule has 3 nitrogen and oxygen atoms in total. The average molecular weight is 374 g/mol. The first kappa shape index (κ1) is 17.3. The molecule has 27 heavy (non-hydrogen) atoms. The summed E-state index contributed by atoms with van der Waals surface area (Å²) in [5.74, 6) is 0.340. The predicted octanol–water partition coefficient (Wildman–Crippen LogP) is 5.77. The molecule has 0 spiro atoms.